The minimum atomic E-state index is -0.685. The van der Waals surface area contributed by atoms with Gasteiger partial charge in [0.1, 0.15) is 5.82 Å². The molecule has 0 saturated heterocycles. The Balaban J connectivity index is 1.96. The highest BCUT2D eigenvalue weighted by Gasteiger charge is 2.32. The van der Waals surface area contributed by atoms with Gasteiger partial charge in [0, 0.05) is 23.1 Å². The monoisotopic (exact) mass is 361 g/mol. The van der Waals surface area contributed by atoms with Gasteiger partial charge in [-0.2, -0.15) is 0 Å². The van der Waals surface area contributed by atoms with Crippen molar-refractivity contribution in [2.75, 3.05) is 23.9 Å². The molecule has 8 heteroatoms. The van der Waals surface area contributed by atoms with Crippen molar-refractivity contribution in [1.82, 2.24) is 4.98 Å². The molecule has 5 N–H and O–H groups in total. The van der Waals surface area contributed by atoms with Crippen LogP contribution >= 0.6 is 11.8 Å². The highest BCUT2D eigenvalue weighted by molar-refractivity contribution is 8.13. The minimum Gasteiger partial charge on any atom is -0.493 e. The van der Waals surface area contributed by atoms with E-state index < -0.39 is 5.54 Å². The van der Waals surface area contributed by atoms with E-state index in [1.807, 2.05) is 6.92 Å². The molecular weight excluding hydrogens is 341 g/mol. The molecule has 1 aromatic heterocycles. The molecule has 1 aliphatic heterocycles. The number of methoxy groups -OCH3 is 1. The summed E-state index contributed by atoms with van der Waals surface area (Å²) in [6, 6.07) is 6.47. The van der Waals surface area contributed by atoms with Crippen molar-refractivity contribution in [2.45, 2.75) is 18.9 Å². The molecule has 0 aliphatic carbocycles. The maximum Gasteiger partial charge on any atom is 0.173 e. The maximum absolute atomic E-state index is 14.5. The van der Waals surface area contributed by atoms with Gasteiger partial charge in [-0.1, -0.05) is 11.8 Å². The summed E-state index contributed by atoms with van der Waals surface area (Å²) in [5, 5.41) is 3.62. The van der Waals surface area contributed by atoms with Gasteiger partial charge in [0.05, 0.1) is 24.5 Å². The number of aromatic nitrogens is 1. The number of anilines is 3. The van der Waals surface area contributed by atoms with Crippen LogP contribution in [-0.2, 0) is 5.54 Å². The Hall–Kier alpha value is -2.48. The summed E-state index contributed by atoms with van der Waals surface area (Å²) in [6.07, 6.45) is 2.24. The van der Waals surface area contributed by atoms with Crippen LogP contribution in [0.2, 0.25) is 0 Å². The average Bonchev–Trinajstić information content (AvgIpc) is 2.57. The van der Waals surface area contributed by atoms with Crippen molar-refractivity contribution in [3.63, 3.8) is 0 Å². The van der Waals surface area contributed by atoms with Crippen molar-refractivity contribution in [3.05, 3.63) is 41.8 Å². The second-order valence-corrected chi connectivity index (χ2v) is 7.08. The van der Waals surface area contributed by atoms with Crippen molar-refractivity contribution in [2.24, 2.45) is 10.7 Å². The van der Waals surface area contributed by atoms with Crippen molar-refractivity contribution in [3.8, 4) is 5.75 Å². The van der Waals surface area contributed by atoms with Crippen molar-refractivity contribution in [1.29, 1.82) is 0 Å². The lowest BCUT2D eigenvalue weighted by atomic mass is 9.89. The number of pyridine rings is 1. The Labute approximate surface area is 149 Å². The van der Waals surface area contributed by atoms with Crippen LogP contribution in [0.15, 0.2) is 35.5 Å². The van der Waals surface area contributed by atoms with Crippen LogP contribution in [0.5, 0.6) is 5.75 Å². The van der Waals surface area contributed by atoms with Crippen LogP contribution in [-0.4, -0.2) is 23.0 Å². The molecule has 0 amide bonds. The summed E-state index contributed by atoms with van der Waals surface area (Å²) in [4.78, 5) is 8.70. The Morgan fingerprint density at radius 2 is 2.12 bits per heavy atom. The van der Waals surface area contributed by atoms with Crippen molar-refractivity contribution >= 4 is 34.1 Å². The molecule has 0 radical (unpaired) electrons. The lowest BCUT2D eigenvalue weighted by Gasteiger charge is -2.30. The van der Waals surface area contributed by atoms with Gasteiger partial charge in [-0.3, -0.25) is 4.99 Å². The second kappa shape index (κ2) is 6.79. The first-order chi connectivity index (χ1) is 11.9. The van der Waals surface area contributed by atoms with E-state index in [2.05, 4.69) is 15.3 Å². The minimum absolute atomic E-state index is 0.311. The first-order valence-electron chi connectivity index (χ1n) is 7.76. The molecule has 0 bridgehead atoms. The lowest BCUT2D eigenvalue weighted by Crippen LogP contribution is -2.29. The van der Waals surface area contributed by atoms with E-state index in [0.717, 1.165) is 5.75 Å². The van der Waals surface area contributed by atoms with E-state index in [9.17, 15) is 4.39 Å². The molecule has 25 heavy (non-hydrogen) atoms. The third kappa shape index (κ3) is 3.63. The summed E-state index contributed by atoms with van der Waals surface area (Å²) in [7, 11) is 1.54. The molecule has 0 unspecified atom stereocenters. The summed E-state index contributed by atoms with van der Waals surface area (Å²) in [5.41, 5.74) is 12.6. The number of halogens is 1. The number of benzene rings is 1. The lowest BCUT2D eigenvalue weighted by molar-refractivity contribution is 0.415. The van der Waals surface area contributed by atoms with Gasteiger partial charge in [-0.25, -0.2) is 9.37 Å². The predicted molar refractivity (Wildman–Crippen MR) is 101 cm³/mol. The van der Waals surface area contributed by atoms with Crippen LogP contribution in [0.1, 0.15) is 18.9 Å². The number of aliphatic imine (C=N–C) groups is 1. The number of hydrogen-bond donors (Lipinski definition) is 3. The van der Waals surface area contributed by atoms with Gasteiger partial charge >= 0.3 is 0 Å². The van der Waals surface area contributed by atoms with Gasteiger partial charge in [-0.05, 0) is 31.5 Å². The zero-order valence-electron chi connectivity index (χ0n) is 14.0. The molecule has 6 nitrogen and oxygen atoms in total. The van der Waals surface area contributed by atoms with Gasteiger partial charge in [0.25, 0.3) is 0 Å². The van der Waals surface area contributed by atoms with Gasteiger partial charge < -0.3 is 21.5 Å². The van der Waals surface area contributed by atoms with Gasteiger partial charge in [-0.15, -0.1) is 0 Å². The summed E-state index contributed by atoms with van der Waals surface area (Å²) < 4.78 is 19.7. The second-order valence-electron chi connectivity index (χ2n) is 5.96. The van der Waals surface area contributed by atoms with E-state index in [4.69, 9.17) is 16.2 Å². The first-order valence-corrected chi connectivity index (χ1v) is 8.74. The molecule has 1 atom stereocenters. The Morgan fingerprint density at radius 1 is 1.32 bits per heavy atom. The van der Waals surface area contributed by atoms with Crippen LogP contribution in [0.4, 0.5) is 21.6 Å². The number of nitrogens with one attached hydrogen (secondary N) is 1. The van der Waals surface area contributed by atoms with E-state index >= 15 is 0 Å². The topological polar surface area (TPSA) is 98.5 Å². The third-order valence-corrected chi connectivity index (χ3v) is 4.89. The zero-order valence-corrected chi connectivity index (χ0v) is 14.9. The van der Waals surface area contributed by atoms with Crippen molar-refractivity contribution < 1.29 is 9.13 Å². The molecule has 2 heterocycles. The molecule has 2 aromatic rings. The normalized spacial score (nSPS) is 20.0. The summed E-state index contributed by atoms with van der Waals surface area (Å²) in [5.74, 6) is 1.50. The largest absolute Gasteiger partial charge is 0.493 e. The molecular formula is C17H20FN5OS. The Morgan fingerprint density at radius 3 is 2.84 bits per heavy atom. The SMILES string of the molecule is COc1cc(N)cnc1Nc1ccc(F)c([C@]2(C)CCSC(N)=N2)c1. The molecule has 0 spiro atoms. The van der Waals surface area contributed by atoms with E-state index in [1.165, 1.54) is 31.1 Å². The Bertz CT molecular complexity index is 829. The fraction of sp³-hybridized carbons (Fsp3) is 0.294. The molecule has 0 saturated carbocycles. The zero-order chi connectivity index (χ0) is 18.0. The first kappa shape index (κ1) is 17.3. The van der Waals surface area contributed by atoms with Crippen LogP contribution in [0.3, 0.4) is 0 Å². The van der Waals surface area contributed by atoms with Gasteiger partial charge in [0.2, 0.25) is 0 Å². The number of ether oxygens (including phenoxy) is 1. The highest BCUT2D eigenvalue weighted by Crippen LogP contribution is 2.38. The van der Waals surface area contributed by atoms with E-state index in [1.54, 1.807) is 18.2 Å². The number of rotatable bonds is 4. The van der Waals surface area contributed by atoms with E-state index in [0.29, 0.717) is 40.1 Å². The van der Waals surface area contributed by atoms with Crippen LogP contribution in [0.25, 0.3) is 0 Å². The Kier molecular flexibility index (Phi) is 4.71. The number of nitrogens with zero attached hydrogens (tertiary/aromatic N) is 2. The fourth-order valence-corrected chi connectivity index (χ4v) is 3.72. The molecule has 1 aliphatic rings. The highest BCUT2D eigenvalue weighted by atomic mass is 32.2. The maximum atomic E-state index is 14.5. The predicted octanol–water partition coefficient (Wildman–Crippen LogP) is 3.22. The summed E-state index contributed by atoms with van der Waals surface area (Å²) in [6.45, 7) is 1.89. The average molecular weight is 361 g/mol. The number of nitrogens with two attached hydrogens (primary N) is 2. The fourth-order valence-electron chi connectivity index (χ4n) is 2.74. The molecule has 3 rings (SSSR count). The standard InChI is InChI=1S/C17H20FN5OS/c1-17(5-6-25-16(20)23-17)12-8-11(3-4-13(12)18)22-15-14(24-2)7-10(19)9-21-15/h3-4,7-9H,5-6,19H2,1-2H3,(H2,20,23)(H,21,22)/t17-/m0/s1. The number of thioether (sulfide) groups is 1. The third-order valence-electron chi connectivity index (χ3n) is 4.10. The number of amidine groups is 1. The quantitative estimate of drug-likeness (QED) is 0.773. The number of hydrogen-bond acceptors (Lipinski definition) is 7. The number of nitrogen functional groups attached to an aromatic ring is 1. The summed E-state index contributed by atoms with van der Waals surface area (Å²) >= 11 is 1.49. The van der Waals surface area contributed by atoms with Crippen LogP contribution in [0, 0.1) is 5.82 Å². The molecule has 1 aromatic carbocycles. The smallest absolute Gasteiger partial charge is 0.173 e. The molecule has 0 fully saturated rings. The van der Waals surface area contributed by atoms with Gasteiger partial charge in [0.15, 0.2) is 16.7 Å². The van der Waals surface area contributed by atoms with E-state index in [-0.39, 0.29) is 5.82 Å². The van der Waals surface area contributed by atoms with Crippen LogP contribution < -0.4 is 21.5 Å². The molecule has 132 valence electrons.